The molecule has 1 fully saturated rings. The zero-order valence-corrected chi connectivity index (χ0v) is 10.8. The van der Waals surface area contributed by atoms with E-state index in [-0.39, 0.29) is 25.0 Å². The van der Waals surface area contributed by atoms with Crippen molar-refractivity contribution in [3.05, 3.63) is 0 Å². The van der Waals surface area contributed by atoms with Crippen molar-refractivity contribution in [2.75, 3.05) is 13.1 Å². The molecule has 1 heterocycles. The molecule has 1 aliphatic heterocycles. The second-order valence-electron chi connectivity index (χ2n) is 4.77. The van der Waals surface area contributed by atoms with Gasteiger partial charge < -0.3 is 20.6 Å². The molecule has 0 aromatic rings. The monoisotopic (exact) mass is 257 g/mol. The van der Waals surface area contributed by atoms with E-state index < -0.39 is 24.0 Å². The summed E-state index contributed by atoms with van der Waals surface area (Å²) in [6.07, 6.45) is 0. The number of nitrogens with one attached hydrogen (secondary N) is 2. The molecule has 1 rings (SSSR count). The number of nitrogens with zero attached hydrogens (tertiary/aromatic N) is 1. The Kier molecular flexibility index (Phi) is 4.52. The summed E-state index contributed by atoms with van der Waals surface area (Å²) >= 11 is 0. The summed E-state index contributed by atoms with van der Waals surface area (Å²) < 4.78 is 0. The third-order valence-electron chi connectivity index (χ3n) is 2.68. The molecule has 3 N–H and O–H groups in total. The van der Waals surface area contributed by atoms with Crippen molar-refractivity contribution in [3.63, 3.8) is 0 Å². The van der Waals surface area contributed by atoms with Gasteiger partial charge in [0.15, 0.2) is 0 Å². The van der Waals surface area contributed by atoms with Gasteiger partial charge in [0, 0.05) is 19.1 Å². The highest BCUT2D eigenvalue weighted by atomic mass is 16.4. The molecule has 1 saturated heterocycles. The van der Waals surface area contributed by atoms with Crippen LogP contribution in [0.4, 0.5) is 4.79 Å². The lowest BCUT2D eigenvalue weighted by Crippen LogP contribution is -2.59. The zero-order valence-electron chi connectivity index (χ0n) is 10.8. The number of carbonyl (C=O) groups excluding carboxylic acids is 2. The highest BCUT2D eigenvalue weighted by Gasteiger charge is 2.36. The molecule has 102 valence electrons. The predicted octanol–water partition coefficient (Wildman–Crippen LogP) is -0.374. The second-order valence-corrected chi connectivity index (χ2v) is 4.77. The van der Waals surface area contributed by atoms with E-state index in [1.54, 1.807) is 6.92 Å². The first-order valence-corrected chi connectivity index (χ1v) is 5.90. The van der Waals surface area contributed by atoms with Gasteiger partial charge in [-0.05, 0) is 20.8 Å². The van der Waals surface area contributed by atoms with Crippen LogP contribution in [-0.4, -0.2) is 53.1 Å². The fourth-order valence-corrected chi connectivity index (χ4v) is 1.55. The molecule has 1 unspecified atom stereocenters. The molecule has 7 heteroatoms. The maximum Gasteiger partial charge on any atom is 0.318 e. The smallest absolute Gasteiger partial charge is 0.318 e. The number of carbonyl (C=O) groups is 3. The van der Waals surface area contributed by atoms with Crippen LogP contribution < -0.4 is 10.6 Å². The van der Waals surface area contributed by atoms with Gasteiger partial charge in [0.05, 0.1) is 5.92 Å². The van der Waals surface area contributed by atoms with Gasteiger partial charge >= 0.3 is 12.0 Å². The Bertz CT molecular complexity index is 350. The molecule has 0 aromatic carbocycles. The van der Waals surface area contributed by atoms with Gasteiger partial charge in [0.2, 0.25) is 5.91 Å². The predicted molar refractivity (Wildman–Crippen MR) is 64.0 cm³/mol. The molecule has 0 spiro atoms. The minimum absolute atomic E-state index is 0.0113. The Hall–Kier alpha value is -1.79. The normalized spacial score (nSPS) is 17.0. The fraction of sp³-hybridized carbons (Fsp3) is 0.727. The average Bonchev–Trinajstić information content (AvgIpc) is 2.12. The molecule has 1 atom stereocenters. The molecule has 7 nitrogen and oxygen atoms in total. The zero-order chi connectivity index (χ0) is 13.9. The minimum Gasteiger partial charge on any atom is -0.481 e. The van der Waals surface area contributed by atoms with Crippen molar-refractivity contribution in [1.82, 2.24) is 15.5 Å². The molecule has 0 saturated carbocycles. The maximum absolute atomic E-state index is 11.6. The lowest BCUT2D eigenvalue weighted by molar-refractivity contribution is -0.146. The van der Waals surface area contributed by atoms with Gasteiger partial charge in [-0.1, -0.05) is 0 Å². The van der Waals surface area contributed by atoms with Crippen LogP contribution in [0.5, 0.6) is 0 Å². The summed E-state index contributed by atoms with van der Waals surface area (Å²) in [5.41, 5.74) is 0. The number of carboxylic acids is 1. The second kappa shape index (κ2) is 5.70. The highest BCUT2D eigenvalue weighted by Crippen LogP contribution is 2.15. The molecule has 0 aromatic heterocycles. The standard InChI is InChI=1S/C11H19N3O4/c1-6(2)12-9(15)7(3)13-11(18)14-4-8(5-14)10(16)17/h6-8H,4-5H2,1-3H3,(H,12,15)(H,13,18)(H,16,17). The fourth-order valence-electron chi connectivity index (χ4n) is 1.55. The third kappa shape index (κ3) is 3.61. The van der Waals surface area contributed by atoms with Crippen molar-refractivity contribution in [1.29, 1.82) is 0 Å². The number of rotatable bonds is 4. The van der Waals surface area contributed by atoms with Crippen LogP contribution in [0.15, 0.2) is 0 Å². The number of hydrogen-bond donors (Lipinski definition) is 3. The van der Waals surface area contributed by atoms with Gasteiger partial charge in [-0.15, -0.1) is 0 Å². The first kappa shape index (κ1) is 14.3. The molecule has 0 radical (unpaired) electrons. The first-order chi connectivity index (χ1) is 8.31. The number of likely N-dealkylation sites (tertiary alicyclic amines) is 1. The molecular weight excluding hydrogens is 238 g/mol. The highest BCUT2D eigenvalue weighted by molar-refractivity contribution is 5.87. The number of urea groups is 1. The SMILES string of the molecule is CC(C)NC(=O)C(C)NC(=O)N1CC(C(=O)O)C1. The van der Waals surface area contributed by atoms with Crippen LogP contribution in [0.2, 0.25) is 0 Å². The summed E-state index contributed by atoms with van der Waals surface area (Å²) in [7, 11) is 0. The summed E-state index contributed by atoms with van der Waals surface area (Å²) in [5.74, 6) is -1.64. The number of hydrogen-bond acceptors (Lipinski definition) is 3. The lowest BCUT2D eigenvalue weighted by Gasteiger charge is -2.37. The van der Waals surface area contributed by atoms with Gasteiger partial charge in [-0.2, -0.15) is 0 Å². The van der Waals surface area contributed by atoms with E-state index in [9.17, 15) is 14.4 Å². The Balaban J connectivity index is 2.33. The quantitative estimate of drug-likeness (QED) is 0.639. The van der Waals surface area contributed by atoms with Crippen LogP contribution in [0.25, 0.3) is 0 Å². The van der Waals surface area contributed by atoms with Crippen LogP contribution >= 0.6 is 0 Å². The third-order valence-corrected chi connectivity index (χ3v) is 2.68. The van der Waals surface area contributed by atoms with Crippen LogP contribution in [0.3, 0.4) is 0 Å². The van der Waals surface area contributed by atoms with Gasteiger partial charge in [-0.25, -0.2) is 4.79 Å². The van der Waals surface area contributed by atoms with E-state index in [4.69, 9.17) is 5.11 Å². The van der Waals surface area contributed by atoms with Crippen molar-refractivity contribution in [2.45, 2.75) is 32.9 Å². The largest absolute Gasteiger partial charge is 0.481 e. The Morgan fingerprint density at radius 1 is 1.17 bits per heavy atom. The van der Waals surface area contributed by atoms with Crippen LogP contribution in [-0.2, 0) is 9.59 Å². The number of amides is 3. The van der Waals surface area contributed by atoms with E-state index in [0.717, 1.165) is 0 Å². The topological polar surface area (TPSA) is 98.7 Å². The summed E-state index contributed by atoms with van der Waals surface area (Å²) in [6.45, 7) is 5.64. The van der Waals surface area contributed by atoms with Crippen LogP contribution in [0.1, 0.15) is 20.8 Å². The summed E-state index contributed by atoms with van der Waals surface area (Å²) in [4.78, 5) is 35.1. The van der Waals surface area contributed by atoms with E-state index >= 15 is 0 Å². The number of aliphatic carboxylic acids is 1. The Morgan fingerprint density at radius 2 is 1.72 bits per heavy atom. The van der Waals surface area contributed by atoms with Crippen molar-refractivity contribution in [3.8, 4) is 0 Å². The van der Waals surface area contributed by atoms with Crippen molar-refractivity contribution < 1.29 is 19.5 Å². The van der Waals surface area contributed by atoms with Crippen molar-refractivity contribution >= 4 is 17.9 Å². The average molecular weight is 257 g/mol. The Morgan fingerprint density at radius 3 is 2.17 bits per heavy atom. The molecule has 0 bridgehead atoms. The van der Waals surface area contributed by atoms with Crippen molar-refractivity contribution in [2.24, 2.45) is 5.92 Å². The van der Waals surface area contributed by atoms with Crippen LogP contribution in [0, 0.1) is 5.92 Å². The Labute approximate surface area is 106 Å². The van der Waals surface area contributed by atoms with Gasteiger partial charge in [0.1, 0.15) is 6.04 Å². The molecular formula is C11H19N3O4. The molecule has 1 aliphatic rings. The van der Waals surface area contributed by atoms with E-state index in [0.29, 0.717) is 0 Å². The van der Waals surface area contributed by atoms with Gasteiger partial charge in [0.25, 0.3) is 0 Å². The maximum atomic E-state index is 11.6. The summed E-state index contributed by atoms with van der Waals surface area (Å²) in [6, 6.07) is -1.03. The molecule has 0 aliphatic carbocycles. The number of carboxylic acid groups (broad SMARTS) is 1. The van der Waals surface area contributed by atoms with E-state index in [2.05, 4.69) is 10.6 Å². The van der Waals surface area contributed by atoms with E-state index in [1.807, 2.05) is 13.8 Å². The minimum atomic E-state index is -0.898. The van der Waals surface area contributed by atoms with Gasteiger partial charge in [-0.3, -0.25) is 9.59 Å². The molecule has 3 amide bonds. The lowest BCUT2D eigenvalue weighted by atomic mass is 10.0. The van der Waals surface area contributed by atoms with E-state index in [1.165, 1.54) is 4.90 Å². The first-order valence-electron chi connectivity index (χ1n) is 5.90. The summed E-state index contributed by atoms with van der Waals surface area (Å²) in [5, 5.41) is 13.9. The molecule has 18 heavy (non-hydrogen) atoms.